The molecule has 0 atom stereocenters. The zero-order valence-corrected chi connectivity index (χ0v) is 16.9. The fourth-order valence-corrected chi connectivity index (χ4v) is 2.98. The van der Waals surface area contributed by atoms with Gasteiger partial charge in [0.2, 0.25) is 6.54 Å². The Kier molecular flexibility index (Phi) is 11.5. The number of oxime groups is 1. The molecule has 7 nitrogen and oxygen atoms in total. The van der Waals surface area contributed by atoms with Crippen LogP contribution >= 0.6 is 0 Å². The van der Waals surface area contributed by atoms with Crippen molar-refractivity contribution in [1.82, 2.24) is 0 Å². The van der Waals surface area contributed by atoms with E-state index < -0.39 is 5.97 Å². The van der Waals surface area contributed by atoms with Gasteiger partial charge in [0.25, 0.3) is 0 Å². The molecule has 0 amide bonds. The minimum Gasteiger partial charge on any atom is -0.456 e. The highest BCUT2D eigenvalue weighted by atomic mass is 16.6. The summed E-state index contributed by atoms with van der Waals surface area (Å²) in [6, 6.07) is 7.95. The number of nitrogens with zero attached hydrogens (tertiary/aromatic N) is 2. The topological polar surface area (TPSA) is 102 Å². The van der Waals surface area contributed by atoms with Crippen LogP contribution in [0.15, 0.2) is 29.4 Å². The normalized spacial score (nSPS) is 11.6. The summed E-state index contributed by atoms with van der Waals surface area (Å²) in [6.07, 6.45) is 6.22. The van der Waals surface area contributed by atoms with Gasteiger partial charge in [-0.1, -0.05) is 62.5 Å². The minimum absolute atomic E-state index is 0.0214. The zero-order valence-electron chi connectivity index (χ0n) is 16.9. The molecular formula is C21H32N2O5. The van der Waals surface area contributed by atoms with Gasteiger partial charge < -0.3 is 9.94 Å². The molecule has 7 heteroatoms. The van der Waals surface area contributed by atoms with Gasteiger partial charge >= 0.3 is 5.97 Å². The van der Waals surface area contributed by atoms with Crippen LogP contribution in [0.2, 0.25) is 0 Å². The molecule has 0 bridgehead atoms. The Balaban J connectivity index is 2.27. The fraction of sp³-hybridized carbons (Fsp3) is 0.619. The first kappa shape index (κ1) is 23.6. The number of rotatable bonds is 14. The number of hydrogen-bond acceptors (Lipinski definition) is 6. The number of carbonyl (C=O) groups excluding carboxylic acids is 1. The van der Waals surface area contributed by atoms with Crippen LogP contribution < -0.4 is 0 Å². The predicted molar refractivity (Wildman–Crippen MR) is 108 cm³/mol. The summed E-state index contributed by atoms with van der Waals surface area (Å²) in [7, 11) is 0. The first-order valence-electron chi connectivity index (χ1n) is 10.00. The summed E-state index contributed by atoms with van der Waals surface area (Å²) >= 11 is 0. The molecule has 1 rings (SSSR count). The van der Waals surface area contributed by atoms with Gasteiger partial charge in [0, 0.05) is 17.8 Å². The monoisotopic (exact) mass is 392 g/mol. The molecule has 0 fully saturated rings. The van der Waals surface area contributed by atoms with Crippen LogP contribution in [-0.2, 0) is 22.6 Å². The van der Waals surface area contributed by atoms with Gasteiger partial charge in [-0.05, 0) is 36.3 Å². The van der Waals surface area contributed by atoms with Crippen LogP contribution in [0.4, 0.5) is 0 Å². The molecule has 1 aromatic carbocycles. The Hall–Kier alpha value is -2.44. The quantitative estimate of drug-likeness (QED) is 0.123. The van der Waals surface area contributed by atoms with Crippen molar-refractivity contribution in [3.05, 3.63) is 45.5 Å². The molecule has 0 aliphatic rings. The van der Waals surface area contributed by atoms with Gasteiger partial charge in [-0.3, -0.25) is 10.1 Å². The van der Waals surface area contributed by atoms with E-state index in [0.717, 1.165) is 37.7 Å². The number of ether oxygens (including phenoxy) is 1. The Morgan fingerprint density at radius 3 is 2.43 bits per heavy atom. The molecule has 0 aliphatic carbocycles. The van der Waals surface area contributed by atoms with E-state index in [-0.39, 0.29) is 23.8 Å². The lowest BCUT2D eigenvalue weighted by atomic mass is 10.0. The van der Waals surface area contributed by atoms with Crippen molar-refractivity contribution in [3.8, 4) is 0 Å². The summed E-state index contributed by atoms with van der Waals surface area (Å²) in [4.78, 5) is 22.0. The van der Waals surface area contributed by atoms with Gasteiger partial charge in [0.1, 0.15) is 6.61 Å². The largest absolute Gasteiger partial charge is 0.456 e. The maximum Gasteiger partial charge on any atom is 0.356 e. The highest BCUT2D eigenvalue weighted by molar-refractivity contribution is 6.36. The second kappa shape index (κ2) is 13.7. The number of esters is 1. The highest BCUT2D eigenvalue weighted by Crippen LogP contribution is 2.12. The lowest BCUT2D eigenvalue weighted by molar-refractivity contribution is -0.480. The average molecular weight is 392 g/mol. The number of nitro groups is 1. The first-order chi connectivity index (χ1) is 13.4. The maximum absolute atomic E-state index is 12.1. The molecule has 0 aromatic heterocycles. The van der Waals surface area contributed by atoms with Gasteiger partial charge in [-0.15, -0.1) is 0 Å². The van der Waals surface area contributed by atoms with Crippen molar-refractivity contribution in [2.75, 3.05) is 6.54 Å². The molecule has 0 unspecified atom stereocenters. The molecule has 0 heterocycles. The Bertz CT molecular complexity index is 643. The fourth-order valence-electron chi connectivity index (χ4n) is 2.98. The van der Waals surface area contributed by atoms with E-state index in [1.54, 1.807) is 0 Å². The lowest BCUT2D eigenvalue weighted by Crippen LogP contribution is -2.17. The SMILES string of the molecule is CC(C)Cc1cccc(COC(=O)/C(CCCCCCCC[N+](=O)[O-])=N/O)c1. The Labute approximate surface area is 166 Å². The van der Waals surface area contributed by atoms with Gasteiger partial charge in [-0.2, -0.15) is 0 Å². The van der Waals surface area contributed by atoms with Crippen molar-refractivity contribution in [1.29, 1.82) is 0 Å². The molecular weight excluding hydrogens is 360 g/mol. The third-order valence-corrected chi connectivity index (χ3v) is 4.37. The van der Waals surface area contributed by atoms with Crippen molar-refractivity contribution in [2.24, 2.45) is 11.1 Å². The molecule has 0 saturated carbocycles. The molecule has 0 spiro atoms. The molecule has 156 valence electrons. The second-order valence-electron chi connectivity index (χ2n) is 7.47. The Morgan fingerprint density at radius 1 is 1.14 bits per heavy atom. The number of benzene rings is 1. The van der Waals surface area contributed by atoms with Gasteiger partial charge in [-0.25, -0.2) is 4.79 Å². The smallest absolute Gasteiger partial charge is 0.356 e. The number of hydrogen-bond donors (Lipinski definition) is 1. The zero-order chi connectivity index (χ0) is 20.8. The number of unbranched alkanes of at least 4 members (excludes halogenated alkanes) is 5. The lowest BCUT2D eigenvalue weighted by Gasteiger charge is -2.09. The Morgan fingerprint density at radius 2 is 1.79 bits per heavy atom. The van der Waals surface area contributed by atoms with E-state index in [0.29, 0.717) is 25.2 Å². The van der Waals surface area contributed by atoms with Crippen LogP contribution in [0.5, 0.6) is 0 Å². The van der Waals surface area contributed by atoms with Crippen LogP contribution in [0.1, 0.15) is 69.9 Å². The highest BCUT2D eigenvalue weighted by Gasteiger charge is 2.14. The summed E-state index contributed by atoms with van der Waals surface area (Å²) in [6.45, 7) is 4.49. The molecule has 0 aliphatic heterocycles. The summed E-state index contributed by atoms with van der Waals surface area (Å²) in [5.41, 5.74) is 2.16. The summed E-state index contributed by atoms with van der Waals surface area (Å²) in [5.74, 6) is -0.0401. The van der Waals surface area contributed by atoms with E-state index in [2.05, 4.69) is 25.1 Å². The standard InChI is InChI=1S/C21H32N2O5/c1-17(2)14-18-10-9-11-19(15-18)16-28-21(24)20(22-25)12-7-5-3-4-6-8-13-23(26)27/h9-11,15,17,25H,3-8,12-14,16H2,1-2H3/b22-20+. The maximum atomic E-state index is 12.1. The third-order valence-electron chi connectivity index (χ3n) is 4.37. The first-order valence-corrected chi connectivity index (χ1v) is 10.00. The molecule has 1 aromatic rings. The van der Waals surface area contributed by atoms with E-state index in [1.165, 1.54) is 5.56 Å². The van der Waals surface area contributed by atoms with Gasteiger partial charge in [0.15, 0.2) is 5.71 Å². The van der Waals surface area contributed by atoms with E-state index in [1.807, 2.05) is 18.2 Å². The van der Waals surface area contributed by atoms with Crippen LogP contribution in [0.25, 0.3) is 0 Å². The van der Waals surface area contributed by atoms with E-state index in [4.69, 9.17) is 9.94 Å². The second-order valence-corrected chi connectivity index (χ2v) is 7.47. The average Bonchev–Trinajstić information content (AvgIpc) is 2.64. The third kappa shape index (κ3) is 10.6. The van der Waals surface area contributed by atoms with Crippen molar-refractivity contribution in [3.63, 3.8) is 0 Å². The van der Waals surface area contributed by atoms with Crippen molar-refractivity contribution >= 4 is 11.7 Å². The number of carbonyl (C=O) groups is 1. The van der Waals surface area contributed by atoms with Crippen LogP contribution in [0.3, 0.4) is 0 Å². The molecule has 0 saturated heterocycles. The molecule has 1 N–H and O–H groups in total. The van der Waals surface area contributed by atoms with Crippen molar-refractivity contribution < 1.29 is 19.7 Å². The summed E-state index contributed by atoms with van der Waals surface area (Å²) < 4.78 is 5.28. The van der Waals surface area contributed by atoms with Gasteiger partial charge in [0.05, 0.1) is 0 Å². The predicted octanol–water partition coefficient (Wildman–Crippen LogP) is 4.77. The molecule has 0 radical (unpaired) electrons. The van der Waals surface area contributed by atoms with E-state index in [9.17, 15) is 14.9 Å². The summed E-state index contributed by atoms with van der Waals surface area (Å²) in [5, 5.41) is 22.4. The molecule has 28 heavy (non-hydrogen) atoms. The van der Waals surface area contributed by atoms with Crippen LogP contribution in [-0.4, -0.2) is 28.4 Å². The minimum atomic E-state index is -0.595. The van der Waals surface area contributed by atoms with E-state index >= 15 is 0 Å². The van der Waals surface area contributed by atoms with Crippen molar-refractivity contribution in [2.45, 2.75) is 71.8 Å². The van der Waals surface area contributed by atoms with Crippen LogP contribution in [0, 0.1) is 16.0 Å².